The number of fused-ring (bicyclic) bond motifs is 20. The Morgan fingerprint density at radius 3 is 1.45 bits per heavy atom. The third kappa shape index (κ3) is 4.99. The lowest BCUT2D eigenvalue weighted by Crippen LogP contribution is -2.26. The van der Waals surface area contributed by atoms with E-state index in [2.05, 4.69) is 245 Å². The minimum absolute atomic E-state index is 0.125. The van der Waals surface area contributed by atoms with Crippen molar-refractivity contribution >= 4 is 48.6 Å². The standard InChI is InChI=1S/C67H47NS/c1-65(2)54-23-10-5-16-45(54)48-34-32-42(38-59(48)65)68(43-33-35-49-46-17-6-11-24-55(46)66(3,4)60(49)39-43)41-30-28-40(29-31-41)44-21-15-22-51-47-18-7-12-25-56(47)67(63(44)51)57-26-13-8-20-53(57)62-58(67)37-36-52-50-19-9-14-27-61(50)69-64(52)62/h5-39H,1-4H3. The van der Waals surface area contributed by atoms with Crippen LogP contribution in [-0.2, 0) is 16.2 Å². The number of thiophene rings is 1. The molecule has 1 aromatic heterocycles. The van der Waals surface area contributed by atoms with Gasteiger partial charge < -0.3 is 4.90 Å². The SMILES string of the molecule is CC1(C)c2ccccc2-c2ccc(N(c3ccc(-c4cccc5c4C4(c6ccccc6-5)c5ccccc5-c5c4ccc4c5sc5ccccc54)cc3)c3ccc4c(c3)C(C)(C)c3ccccc3-4)cc21. The molecule has 0 fully saturated rings. The molecule has 69 heavy (non-hydrogen) atoms. The number of benzene rings is 10. The molecule has 1 heterocycles. The molecule has 1 unspecified atom stereocenters. The van der Waals surface area contributed by atoms with E-state index in [4.69, 9.17) is 0 Å². The highest BCUT2D eigenvalue weighted by Crippen LogP contribution is 2.66. The summed E-state index contributed by atoms with van der Waals surface area (Å²) in [6.45, 7) is 9.52. The lowest BCUT2D eigenvalue weighted by Gasteiger charge is -2.32. The van der Waals surface area contributed by atoms with Gasteiger partial charge in [0.2, 0.25) is 0 Å². The summed E-state index contributed by atoms with van der Waals surface area (Å²) in [5, 5.41) is 2.68. The molecule has 0 saturated heterocycles. The molecule has 4 aliphatic carbocycles. The maximum atomic E-state index is 2.49. The highest BCUT2D eigenvalue weighted by Gasteiger charge is 2.53. The first kappa shape index (κ1) is 39.2. The van der Waals surface area contributed by atoms with Crippen molar-refractivity contribution in [1.82, 2.24) is 0 Å². The molecule has 0 radical (unpaired) electrons. The van der Waals surface area contributed by atoms with Crippen molar-refractivity contribution < 1.29 is 0 Å². The fourth-order valence-corrected chi connectivity index (χ4v) is 14.9. The van der Waals surface area contributed by atoms with Gasteiger partial charge in [0, 0.05) is 53.6 Å². The van der Waals surface area contributed by atoms with Crippen molar-refractivity contribution in [3.63, 3.8) is 0 Å². The first-order chi connectivity index (χ1) is 33.7. The van der Waals surface area contributed by atoms with Crippen LogP contribution in [0.3, 0.4) is 0 Å². The zero-order valence-electron chi connectivity index (χ0n) is 39.1. The van der Waals surface area contributed by atoms with Crippen LogP contribution < -0.4 is 4.90 Å². The summed E-state index contributed by atoms with van der Waals surface area (Å²) in [6.07, 6.45) is 0. The summed E-state index contributed by atoms with van der Waals surface area (Å²) in [5.74, 6) is 0. The van der Waals surface area contributed by atoms with E-state index >= 15 is 0 Å². The third-order valence-electron chi connectivity index (χ3n) is 16.7. The molecule has 0 saturated carbocycles. The van der Waals surface area contributed by atoms with Crippen molar-refractivity contribution in [3.8, 4) is 55.6 Å². The highest BCUT2D eigenvalue weighted by atomic mass is 32.1. The van der Waals surface area contributed by atoms with Gasteiger partial charge in [-0.25, -0.2) is 0 Å². The zero-order chi connectivity index (χ0) is 46.0. The van der Waals surface area contributed by atoms with Crippen molar-refractivity contribution in [1.29, 1.82) is 0 Å². The second kappa shape index (κ2) is 13.7. The van der Waals surface area contributed by atoms with Gasteiger partial charge in [-0.15, -0.1) is 11.3 Å². The Hall–Kier alpha value is -7.78. The van der Waals surface area contributed by atoms with E-state index in [1.54, 1.807) is 0 Å². The molecule has 0 aliphatic heterocycles. The zero-order valence-corrected chi connectivity index (χ0v) is 39.9. The second-order valence-corrected chi connectivity index (χ2v) is 21.8. The average Bonchev–Trinajstić information content (AvgIpc) is 4.13. The van der Waals surface area contributed by atoms with E-state index in [9.17, 15) is 0 Å². The molecule has 0 N–H and O–H groups in total. The maximum absolute atomic E-state index is 2.49. The Morgan fingerprint density at radius 2 is 0.812 bits per heavy atom. The third-order valence-corrected chi connectivity index (χ3v) is 17.9. The van der Waals surface area contributed by atoms with Gasteiger partial charge in [-0.1, -0.05) is 198 Å². The minimum atomic E-state index is -0.479. The van der Waals surface area contributed by atoms with Gasteiger partial charge in [0.15, 0.2) is 0 Å². The number of rotatable bonds is 4. The van der Waals surface area contributed by atoms with Gasteiger partial charge in [0.1, 0.15) is 0 Å². The fraction of sp³-hybridized carbons (Fsp3) is 0.104. The summed E-state index contributed by atoms with van der Waals surface area (Å²) in [5.41, 5.74) is 26.9. The van der Waals surface area contributed by atoms with Gasteiger partial charge in [-0.2, -0.15) is 0 Å². The van der Waals surface area contributed by atoms with Crippen molar-refractivity contribution in [2.45, 2.75) is 43.9 Å². The van der Waals surface area contributed by atoms with Crippen molar-refractivity contribution in [3.05, 3.63) is 257 Å². The normalized spacial score (nSPS) is 16.7. The van der Waals surface area contributed by atoms with E-state index in [1.807, 2.05) is 11.3 Å². The molecule has 1 atom stereocenters. The Labute approximate surface area is 407 Å². The lowest BCUT2D eigenvalue weighted by molar-refractivity contribution is 0.660. The molecule has 4 aliphatic rings. The van der Waals surface area contributed by atoms with Gasteiger partial charge in [0.25, 0.3) is 0 Å². The predicted octanol–water partition coefficient (Wildman–Crippen LogP) is 18.1. The summed E-state index contributed by atoms with van der Waals surface area (Å²) in [4.78, 5) is 2.49. The summed E-state index contributed by atoms with van der Waals surface area (Å²) in [7, 11) is 0. The maximum Gasteiger partial charge on any atom is 0.0732 e. The summed E-state index contributed by atoms with van der Waals surface area (Å²) < 4.78 is 2.72. The highest BCUT2D eigenvalue weighted by molar-refractivity contribution is 7.26. The van der Waals surface area contributed by atoms with Gasteiger partial charge in [0.05, 0.1) is 5.41 Å². The first-order valence-electron chi connectivity index (χ1n) is 24.4. The Bertz CT molecular complexity index is 3920. The van der Waals surface area contributed by atoms with E-state index in [-0.39, 0.29) is 10.8 Å². The molecule has 11 aromatic rings. The number of anilines is 3. The van der Waals surface area contributed by atoms with Crippen LogP contribution in [0.5, 0.6) is 0 Å². The Balaban J connectivity index is 0.926. The average molecular weight is 898 g/mol. The predicted molar refractivity (Wildman–Crippen MR) is 291 cm³/mol. The topological polar surface area (TPSA) is 3.24 Å². The Morgan fingerprint density at radius 1 is 0.333 bits per heavy atom. The quantitative estimate of drug-likeness (QED) is 0.170. The molecule has 0 bridgehead atoms. The van der Waals surface area contributed by atoms with Gasteiger partial charge in [-0.05, 0) is 137 Å². The van der Waals surface area contributed by atoms with Crippen LogP contribution in [0.1, 0.15) is 72.2 Å². The molecule has 2 heteroatoms. The number of hydrogen-bond acceptors (Lipinski definition) is 2. The first-order valence-corrected chi connectivity index (χ1v) is 25.2. The van der Waals surface area contributed by atoms with Crippen LogP contribution in [0, 0.1) is 0 Å². The van der Waals surface area contributed by atoms with Gasteiger partial charge >= 0.3 is 0 Å². The largest absolute Gasteiger partial charge is 0.310 e. The number of hydrogen-bond donors (Lipinski definition) is 0. The monoisotopic (exact) mass is 897 g/mol. The van der Waals surface area contributed by atoms with E-state index in [0.717, 1.165) is 17.1 Å². The van der Waals surface area contributed by atoms with Crippen LogP contribution in [0.4, 0.5) is 17.1 Å². The second-order valence-electron chi connectivity index (χ2n) is 20.7. The molecule has 0 amide bonds. The van der Waals surface area contributed by atoms with E-state index in [0.29, 0.717) is 0 Å². The van der Waals surface area contributed by atoms with Crippen LogP contribution in [0.15, 0.2) is 212 Å². The molecule has 15 rings (SSSR count). The van der Waals surface area contributed by atoms with E-state index in [1.165, 1.54) is 120 Å². The molecule has 1 spiro atoms. The van der Waals surface area contributed by atoms with Crippen molar-refractivity contribution in [2.75, 3.05) is 4.90 Å². The summed E-state index contributed by atoms with van der Waals surface area (Å²) in [6, 6.07) is 81.0. The molecule has 10 aromatic carbocycles. The smallest absolute Gasteiger partial charge is 0.0732 e. The minimum Gasteiger partial charge on any atom is -0.310 e. The van der Waals surface area contributed by atoms with Crippen LogP contribution in [-0.4, -0.2) is 0 Å². The molecule has 1 nitrogen and oxygen atoms in total. The summed E-state index contributed by atoms with van der Waals surface area (Å²) >= 11 is 1.94. The van der Waals surface area contributed by atoms with Crippen LogP contribution >= 0.6 is 11.3 Å². The molecule has 326 valence electrons. The van der Waals surface area contributed by atoms with Gasteiger partial charge in [-0.3, -0.25) is 0 Å². The van der Waals surface area contributed by atoms with Crippen molar-refractivity contribution in [2.24, 2.45) is 0 Å². The van der Waals surface area contributed by atoms with Crippen LogP contribution in [0.25, 0.3) is 75.8 Å². The van der Waals surface area contributed by atoms with E-state index < -0.39 is 5.41 Å². The number of nitrogens with zero attached hydrogens (tertiary/aromatic N) is 1. The molecular formula is C67H47NS. The fourth-order valence-electron chi connectivity index (χ4n) is 13.6. The van der Waals surface area contributed by atoms with Crippen LogP contribution in [0.2, 0.25) is 0 Å². The Kier molecular flexibility index (Phi) is 7.78. The lowest BCUT2D eigenvalue weighted by atomic mass is 9.68. The molecular weight excluding hydrogens is 851 g/mol.